The lowest BCUT2D eigenvalue weighted by atomic mass is 10.1. The van der Waals surface area contributed by atoms with Crippen LogP contribution in [0.15, 0.2) is 53.8 Å². The van der Waals surface area contributed by atoms with Crippen LogP contribution in [0.2, 0.25) is 0 Å². The molecule has 4 aromatic rings. The number of alkyl carbamates (subject to hydrolysis) is 1. The lowest BCUT2D eigenvalue weighted by Gasteiger charge is -2.22. The van der Waals surface area contributed by atoms with E-state index in [-0.39, 0.29) is 41.7 Å². The first kappa shape index (κ1) is 61.4. The number of aromatic amines is 1. The molecule has 2 atom stereocenters. The average molecular weight is 1100 g/mol. The predicted octanol–water partition coefficient (Wildman–Crippen LogP) is 3.22. The lowest BCUT2D eigenvalue weighted by Crippen LogP contribution is -2.49. The number of sulfonamides is 1. The van der Waals surface area contributed by atoms with E-state index in [4.69, 9.17) is 28.9 Å². The number of nitrogens with one attached hydrogen (secondary N) is 7. The molecular weight excluding hydrogens is 1020 g/mol. The molecule has 4 amide bonds. The maximum atomic E-state index is 13.5. The number of imidazole rings is 1. The first-order valence-corrected chi connectivity index (χ1v) is 26.6. The zero-order chi connectivity index (χ0) is 54.6. The monoisotopic (exact) mass is 1090 g/mol. The number of amides is 4. The topological polar surface area (TPSA) is 343 Å². The molecule has 4 rings (SSSR count). The molecule has 9 N–H and O–H groups in total. The lowest BCUT2D eigenvalue weighted by molar-refractivity contribution is -0.432. The third kappa shape index (κ3) is 23.1. The smallest absolute Gasteiger partial charge is 0.408 e. The van der Waals surface area contributed by atoms with E-state index >= 15 is 0 Å². The fraction of sp³-hybridized carbons (Fsp3) is 0.553. The molecule has 28 heteroatoms. The number of aliphatic carboxylic acids is 1. The number of H-pyrrole nitrogens is 1. The first-order chi connectivity index (χ1) is 35.9. The van der Waals surface area contributed by atoms with Gasteiger partial charge in [0.25, 0.3) is 5.91 Å². The van der Waals surface area contributed by atoms with E-state index in [1.807, 2.05) is 4.68 Å². The SMILES string of the molecule is Cc1cc(OCCCC(=O)NCCCOCCOCCOCCCNC(=O)C(CSOOO)NC(=O)OC(C)(C)C)cc(C)c1S(=O)(=O)NC(CNC(=O)c1ccc2c(cnn2CCCNc2ncc[nH]2)c1)C(=O)O. The summed E-state index contributed by atoms with van der Waals surface area (Å²) in [5.41, 5.74) is 0.921. The number of ether oxygens (including phenoxy) is 5. The Morgan fingerprint density at radius 3 is 2.16 bits per heavy atom. The summed E-state index contributed by atoms with van der Waals surface area (Å²) < 4.78 is 63.0. The minimum absolute atomic E-state index is 0.0569. The van der Waals surface area contributed by atoms with Gasteiger partial charge in [-0.2, -0.15) is 9.82 Å². The second-order valence-electron chi connectivity index (χ2n) is 17.7. The van der Waals surface area contributed by atoms with Crippen molar-refractivity contribution in [1.29, 1.82) is 0 Å². The number of rotatable bonds is 37. The quantitative estimate of drug-likeness (QED) is 0.0135. The summed E-state index contributed by atoms with van der Waals surface area (Å²) in [5, 5.41) is 40.6. The van der Waals surface area contributed by atoms with Gasteiger partial charge in [-0.15, -0.1) is 4.33 Å². The molecule has 2 unspecified atom stereocenters. The van der Waals surface area contributed by atoms with Gasteiger partial charge in [-0.05, 0) is 102 Å². The Balaban J connectivity index is 1.03. The van der Waals surface area contributed by atoms with E-state index in [1.54, 1.807) is 71.4 Å². The summed E-state index contributed by atoms with van der Waals surface area (Å²) in [5.74, 6) is -1.72. The van der Waals surface area contributed by atoms with Crippen LogP contribution >= 0.6 is 12.0 Å². The number of hydrogen-bond donors (Lipinski definition) is 9. The molecule has 2 aromatic heterocycles. The third-order valence-corrected chi connectivity index (χ3v) is 12.8. The van der Waals surface area contributed by atoms with Crippen LogP contribution in [0.5, 0.6) is 5.75 Å². The van der Waals surface area contributed by atoms with Gasteiger partial charge in [0.2, 0.25) is 21.8 Å². The molecule has 2 heterocycles. The van der Waals surface area contributed by atoms with Crippen molar-refractivity contribution in [3.63, 3.8) is 0 Å². The van der Waals surface area contributed by atoms with Crippen molar-refractivity contribution in [2.45, 2.75) is 95.8 Å². The maximum absolute atomic E-state index is 13.5. The number of hydrogen-bond acceptors (Lipinski definition) is 19. The van der Waals surface area contributed by atoms with E-state index in [1.165, 1.54) is 12.1 Å². The Hall–Kier alpha value is -6.11. The number of carboxylic acids is 1. The van der Waals surface area contributed by atoms with E-state index in [0.29, 0.717) is 119 Å². The summed E-state index contributed by atoms with van der Waals surface area (Å²) in [6.07, 6.45) is 6.68. The van der Waals surface area contributed by atoms with Gasteiger partial charge in [0.1, 0.15) is 23.4 Å². The van der Waals surface area contributed by atoms with Crippen molar-refractivity contribution in [2.75, 3.05) is 83.5 Å². The van der Waals surface area contributed by atoms with Crippen LogP contribution in [0.4, 0.5) is 10.7 Å². The number of aromatic nitrogens is 4. The van der Waals surface area contributed by atoms with Gasteiger partial charge in [-0.3, -0.25) is 23.9 Å². The summed E-state index contributed by atoms with van der Waals surface area (Å²) >= 11 is 0.622. The summed E-state index contributed by atoms with van der Waals surface area (Å²) in [6, 6.07) is 5.32. The molecule has 0 fully saturated rings. The second-order valence-corrected chi connectivity index (χ2v) is 20.1. The summed E-state index contributed by atoms with van der Waals surface area (Å²) in [6.45, 7) is 12.0. The largest absolute Gasteiger partial charge is 0.494 e. The van der Waals surface area contributed by atoms with Crippen molar-refractivity contribution in [3.8, 4) is 5.75 Å². The van der Waals surface area contributed by atoms with Crippen molar-refractivity contribution < 1.29 is 75.8 Å². The van der Waals surface area contributed by atoms with Gasteiger partial charge in [0.15, 0.2) is 5.95 Å². The van der Waals surface area contributed by atoms with Gasteiger partial charge < -0.3 is 60.4 Å². The van der Waals surface area contributed by atoms with E-state index in [9.17, 15) is 37.5 Å². The van der Waals surface area contributed by atoms with Crippen molar-refractivity contribution in [2.24, 2.45) is 0 Å². The molecule has 0 saturated carbocycles. The van der Waals surface area contributed by atoms with Crippen molar-refractivity contribution >= 4 is 68.7 Å². The Bertz CT molecular complexity index is 2500. The van der Waals surface area contributed by atoms with Crippen LogP contribution < -0.4 is 36.0 Å². The van der Waals surface area contributed by atoms with Crippen molar-refractivity contribution in [1.82, 2.24) is 45.7 Å². The Morgan fingerprint density at radius 2 is 1.52 bits per heavy atom. The first-order valence-electron chi connectivity index (χ1n) is 24.2. The molecule has 0 aliphatic heterocycles. The molecule has 0 aliphatic carbocycles. The fourth-order valence-corrected chi connectivity index (χ4v) is 9.17. The Morgan fingerprint density at radius 1 is 0.840 bits per heavy atom. The molecule has 0 bridgehead atoms. The predicted molar refractivity (Wildman–Crippen MR) is 274 cm³/mol. The van der Waals surface area contributed by atoms with E-state index in [0.717, 1.165) is 11.9 Å². The highest BCUT2D eigenvalue weighted by Gasteiger charge is 2.29. The minimum Gasteiger partial charge on any atom is -0.494 e. The Kier molecular flexibility index (Phi) is 26.5. The molecule has 416 valence electrons. The number of carbonyl (C=O) groups excluding carboxylic acids is 4. The number of anilines is 1. The highest BCUT2D eigenvalue weighted by molar-refractivity contribution is 7.94. The van der Waals surface area contributed by atoms with E-state index in [2.05, 4.69) is 55.7 Å². The highest BCUT2D eigenvalue weighted by Crippen LogP contribution is 2.26. The van der Waals surface area contributed by atoms with Gasteiger partial charge in [-0.25, -0.2) is 23.5 Å². The zero-order valence-corrected chi connectivity index (χ0v) is 44.4. The number of nitrogens with zero attached hydrogens (tertiary/aromatic N) is 3. The van der Waals surface area contributed by atoms with Crippen LogP contribution in [-0.2, 0) is 59.3 Å². The number of carboxylic acid groups (broad SMARTS) is 1. The average Bonchev–Trinajstić information content (AvgIpc) is 4.03. The second kappa shape index (κ2) is 32.4. The van der Waals surface area contributed by atoms with Crippen LogP contribution in [0, 0.1) is 13.8 Å². The van der Waals surface area contributed by atoms with Crippen LogP contribution in [0.1, 0.15) is 74.4 Å². The minimum atomic E-state index is -4.37. The highest BCUT2D eigenvalue weighted by atomic mass is 32.2. The third-order valence-electron chi connectivity index (χ3n) is 10.4. The van der Waals surface area contributed by atoms with Gasteiger partial charge in [0, 0.05) is 87.7 Å². The maximum Gasteiger partial charge on any atom is 0.408 e. The van der Waals surface area contributed by atoms with E-state index < -0.39 is 58.1 Å². The van der Waals surface area contributed by atoms with Crippen molar-refractivity contribution in [3.05, 3.63) is 65.6 Å². The standard InChI is InChI=1S/C47H70N10O16S2/c1-32-26-36(70-21-6-10-40(58)48-14-8-19-67-22-24-69-25-23-68-20-9-15-49-43(60)38(31-74-73-72-64)55-46(63)71-47(3,4)5)27-33(2)41(32)75(65,66)56-37(44(61)62)30-53-42(59)34-11-12-39-35(28-34)29-54-57(39)18-7-13-50-45-51-16-17-52-45/h11-12,16-17,26-29,37-38,56,64H,6-10,13-15,18-25,30-31H2,1-5H3,(H,48,58)(H,49,60)(H,53,59)(H,55,63)(H,61,62)(H2,50,51,52). The fourth-order valence-electron chi connectivity index (χ4n) is 7.06. The molecule has 0 saturated heterocycles. The molecule has 26 nitrogen and oxygen atoms in total. The number of fused-ring (bicyclic) bond motifs is 1. The Labute approximate surface area is 439 Å². The van der Waals surface area contributed by atoms with Crippen LogP contribution in [0.3, 0.4) is 0 Å². The summed E-state index contributed by atoms with van der Waals surface area (Å²) in [7, 11) is -4.37. The molecule has 0 aliphatic rings. The van der Waals surface area contributed by atoms with Gasteiger partial charge in [-0.1, -0.05) is 5.04 Å². The van der Waals surface area contributed by atoms with Crippen LogP contribution in [-0.4, -0.2) is 164 Å². The molecule has 75 heavy (non-hydrogen) atoms. The number of benzene rings is 2. The van der Waals surface area contributed by atoms with Crippen LogP contribution in [0.25, 0.3) is 10.9 Å². The molecule has 2 aromatic carbocycles. The number of aryl methyl sites for hydroxylation is 3. The number of carbonyl (C=O) groups is 5. The normalized spacial score (nSPS) is 12.5. The molecule has 0 radical (unpaired) electrons. The zero-order valence-electron chi connectivity index (χ0n) is 42.8. The molecule has 0 spiro atoms. The van der Waals surface area contributed by atoms with Gasteiger partial charge >= 0.3 is 12.1 Å². The summed E-state index contributed by atoms with van der Waals surface area (Å²) in [4.78, 5) is 69.3. The molecular formula is C47H70N10O16S2. The van der Waals surface area contributed by atoms with Gasteiger partial charge in [0.05, 0.1) is 55.4 Å².